The molecule has 0 spiro atoms. The summed E-state index contributed by atoms with van der Waals surface area (Å²) in [5.41, 5.74) is 2.41. The van der Waals surface area contributed by atoms with E-state index in [4.69, 9.17) is 0 Å². The molecule has 1 aliphatic heterocycles. The van der Waals surface area contributed by atoms with Crippen molar-refractivity contribution in [3.63, 3.8) is 0 Å². The van der Waals surface area contributed by atoms with Gasteiger partial charge in [0.2, 0.25) is 5.91 Å². The van der Waals surface area contributed by atoms with Crippen molar-refractivity contribution in [3.05, 3.63) is 46.4 Å². The fraction of sp³-hybridized carbons (Fsp3) is 0.500. The van der Waals surface area contributed by atoms with E-state index in [0.717, 1.165) is 56.6 Å². The summed E-state index contributed by atoms with van der Waals surface area (Å²) < 4.78 is 24.5. The van der Waals surface area contributed by atoms with Gasteiger partial charge in [-0.3, -0.25) is 15.0 Å². The van der Waals surface area contributed by atoms with Gasteiger partial charge in [0.25, 0.3) is 15.9 Å². The number of amides is 2. The molecule has 2 aromatic rings. The standard InChI is InChI=1S/C22H28N4O4S2/c27-20(24-25-32(29,30)18-9-5-2-6-10-18)19-15-31-21(23-19)16-11-13-26(14-12-16)22(28)17-7-3-1-4-8-17/h2,5-6,9-10,15-17,25H,1,3-4,7-8,11-14H2,(H,24,27). The molecule has 172 valence electrons. The summed E-state index contributed by atoms with van der Waals surface area (Å²) in [7, 11) is -3.84. The van der Waals surface area contributed by atoms with E-state index in [1.807, 2.05) is 4.90 Å². The molecule has 1 aliphatic carbocycles. The second-order valence-electron chi connectivity index (χ2n) is 8.38. The number of carbonyl (C=O) groups is 2. The van der Waals surface area contributed by atoms with Crippen molar-refractivity contribution in [1.29, 1.82) is 0 Å². The minimum absolute atomic E-state index is 0.0637. The van der Waals surface area contributed by atoms with E-state index in [1.54, 1.807) is 23.6 Å². The maximum atomic E-state index is 12.7. The monoisotopic (exact) mass is 476 g/mol. The van der Waals surface area contributed by atoms with E-state index in [1.165, 1.54) is 29.9 Å². The summed E-state index contributed by atoms with van der Waals surface area (Å²) in [4.78, 5) is 33.7. The van der Waals surface area contributed by atoms with Gasteiger partial charge >= 0.3 is 0 Å². The van der Waals surface area contributed by atoms with Crippen LogP contribution in [0.25, 0.3) is 0 Å². The highest BCUT2D eigenvalue weighted by molar-refractivity contribution is 7.89. The predicted molar refractivity (Wildman–Crippen MR) is 121 cm³/mol. The Bertz CT molecular complexity index is 1040. The van der Waals surface area contributed by atoms with Crippen LogP contribution in [-0.4, -0.2) is 43.2 Å². The van der Waals surface area contributed by atoms with Crippen LogP contribution in [0.1, 0.15) is 66.4 Å². The number of aromatic nitrogens is 1. The van der Waals surface area contributed by atoms with Crippen LogP contribution in [0.3, 0.4) is 0 Å². The third-order valence-electron chi connectivity index (χ3n) is 6.22. The van der Waals surface area contributed by atoms with Gasteiger partial charge in [-0.1, -0.05) is 37.5 Å². The number of sulfonamides is 1. The number of hydrogen-bond acceptors (Lipinski definition) is 6. The van der Waals surface area contributed by atoms with E-state index in [2.05, 4.69) is 15.2 Å². The lowest BCUT2D eigenvalue weighted by atomic mass is 9.87. The molecule has 1 saturated heterocycles. The fourth-order valence-electron chi connectivity index (χ4n) is 4.37. The highest BCUT2D eigenvalue weighted by Gasteiger charge is 2.30. The molecular weight excluding hydrogens is 448 g/mol. The first-order valence-electron chi connectivity index (χ1n) is 11.1. The number of nitrogens with one attached hydrogen (secondary N) is 2. The van der Waals surface area contributed by atoms with Crippen LogP contribution in [0, 0.1) is 5.92 Å². The van der Waals surface area contributed by atoms with Crippen LogP contribution in [-0.2, 0) is 14.8 Å². The molecular formula is C22H28N4O4S2. The summed E-state index contributed by atoms with van der Waals surface area (Å²) in [6, 6.07) is 7.82. The third kappa shape index (κ3) is 5.36. The third-order valence-corrected chi connectivity index (χ3v) is 8.49. The van der Waals surface area contributed by atoms with Gasteiger partial charge in [-0.05, 0) is 37.8 Å². The van der Waals surface area contributed by atoms with Crippen LogP contribution >= 0.6 is 11.3 Å². The molecule has 1 saturated carbocycles. The molecule has 2 fully saturated rings. The van der Waals surface area contributed by atoms with Crippen LogP contribution in [0.5, 0.6) is 0 Å². The Morgan fingerprint density at radius 2 is 1.69 bits per heavy atom. The first-order valence-corrected chi connectivity index (χ1v) is 13.4. The maximum Gasteiger partial charge on any atom is 0.285 e. The number of piperidine rings is 1. The molecule has 32 heavy (non-hydrogen) atoms. The molecule has 0 radical (unpaired) electrons. The van der Waals surface area contributed by atoms with Gasteiger partial charge < -0.3 is 4.90 Å². The molecule has 2 heterocycles. The Hall–Kier alpha value is -2.30. The molecule has 2 aliphatic rings. The highest BCUT2D eigenvalue weighted by Crippen LogP contribution is 2.32. The zero-order valence-electron chi connectivity index (χ0n) is 17.8. The van der Waals surface area contributed by atoms with Crippen LogP contribution in [0.4, 0.5) is 0 Å². The number of hydrazine groups is 1. The van der Waals surface area contributed by atoms with Crippen LogP contribution in [0.2, 0.25) is 0 Å². The average molecular weight is 477 g/mol. The topological polar surface area (TPSA) is 108 Å². The minimum Gasteiger partial charge on any atom is -0.342 e. The van der Waals surface area contributed by atoms with Gasteiger partial charge in [0.15, 0.2) is 0 Å². The molecule has 8 nitrogen and oxygen atoms in total. The summed E-state index contributed by atoms with van der Waals surface area (Å²) in [6.45, 7) is 1.44. The van der Waals surface area contributed by atoms with E-state index < -0.39 is 15.9 Å². The zero-order chi connectivity index (χ0) is 22.6. The Labute approximate surface area is 192 Å². The molecule has 2 N–H and O–H groups in total. The lowest BCUT2D eigenvalue weighted by Gasteiger charge is -2.34. The SMILES string of the molecule is O=C(NNS(=O)(=O)c1ccccc1)c1csc(C2CCN(C(=O)C3CCCCC3)CC2)n1. The van der Waals surface area contributed by atoms with E-state index >= 15 is 0 Å². The Kier molecular flexibility index (Phi) is 7.22. The Morgan fingerprint density at radius 3 is 2.38 bits per heavy atom. The van der Waals surface area contributed by atoms with Crippen LogP contribution < -0.4 is 10.3 Å². The second kappa shape index (κ2) is 10.1. The van der Waals surface area contributed by atoms with Crippen molar-refractivity contribution < 1.29 is 18.0 Å². The number of benzene rings is 1. The quantitative estimate of drug-likeness (QED) is 0.623. The number of carbonyl (C=O) groups excluding carboxylic acids is 2. The summed E-state index contributed by atoms with van der Waals surface area (Å²) >= 11 is 1.40. The molecule has 1 aromatic carbocycles. The van der Waals surface area contributed by atoms with Gasteiger partial charge in [-0.15, -0.1) is 16.2 Å². The van der Waals surface area contributed by atoms with Crippen molar-refractivity contribution in [2.24, 2.45) is 5.92 Å². The van der Waals surface area contributed by atoms with E-state index in [9.17, 15) is 18.0 Å². The zero-order valence-corrected chi connectivity index (χ0v) is 19.5. The van der Waals surface area contributed by atoms with Crippen molar-refractivity contribution in [1.82, 2.24) is 20.1 Å². The van der Waals surface area contributed by atoms with Crippen LogP contribution in [0.15, 0.2) is 40.6 Å². The Balaban J connectivity index is 1.29. The number of hydrogen-bond donors (Lipinski definition) is 2. The molecule has 0 unspecified atom stereocenters. The fourth-order valence-corrected chi connectivity index (χ4v) is 6.20. The smallest absolute Gasteiger partial charge is 0.285 e. The van der Waals surface area contributed by atoms with Gasteiger partial charge in [-0.2, -0.15) is 0 Å². The van der Waals surface area contributed by atoms with E-state index in [0.29, 0.717) is 5.91 Å². The molecule has 10 heteroatoms. The lowest BCUT2D eigenvalue weighted by molar-refractivity contribution is -0.137. The van der Waals surface area contributed by atoms with Crippen molar-refractivity contribution in [2.75, 3.05) is 13.1 Å². The number of nitrogens with zero attached hydrogens (tertiary/aromatic N) is 2. The minimum atomic E-state index is -3.84. The number of rotatable bonds is 6. The second-order valence-corrected chi connectivity index (χ2v) is 11.0. The maximum absolute atomic E-state index is 12.7. The Morgan fingerprint density at radius 1 is 1.00 bits per heavy atom. The largest absolute Gasteiger partial charge is 0.342 e. The number of thiazole rings is 1. The highest BCUT2D eigenvalue weighted by atomic mass is 32.2. The molecule has 0 atom stereocenters. The van der Waals surface area contributed by atoms with Crippen molar-refractivity contribution in [3.8, 4) is 0 Å². The molecule has 0 bridgehead atoms. The molecule has 4 rings (SSSR count). The molecule has 1 aromatic heterocycles. The lowest BCUT2D eigenvalue weighted by Crippen LogP contribution is -2.42. The predicted octanol–water partition coefficient (Wildman–Crippen LogP) is 3.05. The summed E-state index contributed by atoms with van der Waals surface area (Å²) in [5, 5.41) is 2.49. The van der Waals surface area contributed by atoms with Gasteiger partial charge in [0.05, 0.1) is 9.90 Å². The normalized spacial score (nSPS) is 18.4. The van der Waals surface area contributed by atoms with Gasteiger partial charge in [-0.25, -0.2) is 13.4 Å². The average Bonchev–Trinajstić information content (AvgIpc) is 3.34. The molecule has 2 amide bonds. The van der Waals surface area contributed by atoms with E-state index in [-0.39, 0.29) is 22.4 Å². The number of likely N-dealkylation sites (tertiary alicyclic amines) is 1. The first-order chi connectivity index (χ1) is 15.4. The summed E-state index contributed by atoms with van der Waals surface area (Å²) in [5.74, 6) is 0.0954. The van der Waals surface area contributed by atoms with Gasteiger partial charge in [0.1, 0.15) is 5.69 Å². The van der Waals surface area contributed by atoms with Gasteiger partial charge in [0, 0.05) is 30.3 Å². The van der Waals surface area contributed by atoms with Crippen molar-refractivity contribution >= 4 is 33.2 Å². The first kappa shape index (κ1) is 22.9. The summed E-state index contributed by atoms with van der Waals surface area (Å²) in [6.07, 6.45) is 7.22. The van der Waals surface area contributed by atoms with Crippen molar-refractivity contribution in [2.45, 2.75) is 55.8 Å².